The molecule has 14 heavy (non-hydrogen) atoms. The zero-order chi connectivity index (χ0) is 9.97. The third kappa shape index (κ3) is 1.77. The summed E-state index contributed by atoms with van der Waals surface area (Å²) in [7, 11) is 0. The van der Waals surface area contributed by atoms with E-state index in [0.717, 1.165) is 5.82 Å². The number of hydrogen-bond donors (Lipinski definition) is 2. The molecule has 0 aliphatic carbocycles. The van der Waals surface area contributed by atoms with Gasteiger partial charge in [-0.1, -0.05) is 0 Å². The highest BCUT2D eigenvalue weighted by molar-refractivity contribution is 5.78. The summed E-state index contributed by atoms with van der Waals surface area (Å²) in [5.41, 5.74) is 0. The van der Waals surface area contributed by atoms with Crippen LogP contribution in [-0.2, 0) is 11.3 Å². The van der Waals surface area contributed by atoms with Gasteiger partial charge in [-0.15, -0.1) is 0 Å². The Balaban J connectivity index is 1.96. The lowest BCUT2D eigenvalue weighted by Crippen LogP contribution is -2.25. The molecule has 1 aliphatic rings. The van der Waals surface area contributed by atoms with Crippen LogP contribution in [0.2, 0.25) is 0 Å². The summed E-state index contributed by atoms with van der Waals surface area (Å²) in [4.78, 5) is 20.2. The van der Waals surface area contributed by atoms with Crippen LogP contribution in [0.25, 0.3) is 0 Å². The summed E-state index contributed by atoms with van der Waals surface area (Å²) in [6.07, 6.45) is 3.86. The summed E-state index contributed by atoms with van der Waals surface area (Å²) < 4.78 is 0. The first-order valence-electron chi connectivity index (χ1n) is 4.66. The maximum Gasteiger partial charge on any atom is 0.223 e. The predicted octanol–water partition coefficient (Wildman–Crippen LogP) is -0.250. The van der Waals surface area contributed by atoms with Crippen LogP contribution in [0, 0.1) is 5.92 Å². The first-order valence-corrected chi connectivity index (χ1v) is 4.66. The van der Waals surface area contributed by atoms with Crippen molar-refractivity contribution in [3.63, 3.8) is 0 Å². The minimum Gasteiger partial charge on any atom is -0.396 e. The molecular weight excluding hydrogens is 182 g/mol. The van der Waals surface area contributed by atoms with Crippen molar-refractivity contribution >= 4 is 5.91 Å². The summed E-state index contributed by atoms with van der Waals surface area (Å²) in [5, 5.41) is 8.93. The number of H-pyrrole nitrogens is 1. The fourth-order valence-corrected chi connectivity index (χ4v) is 1.69. The highest BCUT2D eigenvalue weighted by Gasteiger charge is 2.29. The standard InChI is InChI=1S/C9H13N3O2/c13-6-7-3-9(14)12(4-7)5-8-10-1-2-11-8/h1-2,7,13H,3-6H2,(H,10,11). The molecule has 1 aliphatic heterocycles. The molecular formula is C9H13N3O2. The maximum atomic E-state index is 11.4. The summed E-state index contributed by atoms with van der Waals surface area (Å²) in [6.45, 7) is 1.23. The fraction of sp³-hybridized carbons (Fsp3) is 0.556. The monoisotopic (exact) mass is 195 g/mol. The smallest absolute Gasteiger partial charge is 0.223 e. The van der Waals surface area contributed by atoms with Crippen LogP contribution in [0.3, 0.4) is 0 Å². The molecule has 2 N–H and O–H groups in total. The highest BCUT2D eigenvalue weighted by Crippen LogP contribution is 2.18. The molecule has 1 saturated heterocycles. The molecule has 2 rings (SSSR count). The van der Waals surface area contributed by atoms with E-state index in [1.54, 1.807) is 17.3 Å². The topological polar surface area (TPSA) is 69.2 Å². The Hall–Kier alpha value is -1.36. The van der Waals surface area contributed by atoms with Gasteiger partial charge in [0.15, 0.2) is 0 Å². The van der Waals surface area contributed by atoms with Crippen molar-refractivity contribution < 1.29 is 9.90 Å². The van der Waals surface area contributed by atoms with Crippen LogP contribution in [0.4, 0.5) is 0 Å². The van der Waals surface area contributed by atoms with Gasteiger partial charge >= 0.3 is 0 Å². The van der Waals surface area contributed by atoms with Gasteiger partial charge in [-0.05, 0) is 0 Å². The van der Waals surface area contributed by atoms with Crippen LogP contribution in [-0.4, -0.2) is 39.0 Å². The molecule has 1 aromatic rings. The maximum absolute atomic E-state index is 11.4. The molecule has 5 heteroatoms. The first kappa shape index (κ1) is 9.21. The summed E-state index contributed by atoms with van der Waals surface area (Å²) in [5.74, 6) is 0.981. The van der Waals surface area contributed by atoms with Crippen LogP contribution in [0.5, 0.6) is 0 Å². The lowest BCUT2D eigenvalue weighted by molar-refractivity contribution is -0.128. The number of nitrogens with zero attached hydrogens (tertiary/aromatic N) is 2. The quantitative estimate of drug-likeness (QED) is 0.698. The third-order valence-corrected chi connectivity index (χ3v) is 2.45. The van der Waals surface area contributed by atoms with E-state index in [2.05, 4.69) is 9.97 Å². The second kappa shape index (κ2) is 3.79. The van der Waals surface area contributed by atoms with Gasteiger partial charge in [0.25, 0.3) is 0 Å². The van der Waals surface area contributed by atoms with Crippen molar-refractivity contribution in [2.45, 2.75) is 13.0 Å². The van der Waals surface area contributed by atoms with Gasteiger partial charge in [0.05, 0.1) is 6.54 Å². The fourth-order valence-electron chi connectivity index (χ4n) is 1.69. The molecule has 1 atom stereocenters. The molecule has 76 valence electrons. The average molecular weight is 195 g/mol. The van der Waals surface area contributed by atoms with Crippen molar-refractivity contribution in [1.29, 1.82) is 0 Å². The number of hydrogen-bond acceptors (Lipinski definition) is 3. The van der Waals surface area contributed by atoms with Crippen molar-refractivity contribution in [3.8, 4) is 0 Å². The van der Waals surface area contributed by atoms with Gasteiger partial charge in [-0.25, -0.2) is 4.98 Å². The van der Waals surface area contributed by atoms with E-state index in [0.29, 0.717) is 19.5 Å². The number of rotatable bonds is 3. The molecule has 0 saturated carbocycles. The Bertz CT molecular complexity index is 310. The molecule has 1 amide bonds. The summed E-state index contributed by atoms with van der Waals surface area (Å²) >= 11 is 0. The van der Waals surface area contributed by atoms with Gasteiger partial charge in [-0.3, -0.25) is 4.79 Å². The lowest BCUT2D eigenvalue weighted by Gasteiger charge is -2.14. The molecule has 0 aromatic carbocycles. The van der Waals surface area contributed by atoms with Gasteiger partial charge in [-0.2, -0.15) is 0 Å². The minimum atomic E-state index is 0.0837. The zero-order valence-corrected chi connectivity index (χ0v) is 7.81. The third-order valence-electron chi connectivity index (χ3n) is 2.45. The second-order valence-corrected chi connectivity index (χ2v) is 3.56. The van der Waals surface area contributed by atoms with E-state index in [1.807, 2.05) is 0 Å². The number of nitrogens with one attached hydrogen (secondary N) is 1. The second-order valence-electron chi connectivity index (χ2n) is 3.56. The Morgan fingerprint density at radius 2 is 2.57 bits per heavy atom. The van der Waals surface area contributed by atoms with Crippen LogP contribution in [0.1, 0.15) is 12.2 Å². The van der Waals surface area contributed by atoms with E-state index in [4.69, 9.17) is 5.11 Å². The van der Waals surface area contributed by atoms with E-state index < -0.39 is 0 Å². The first-order chi connectivity index (χ1) is 6.79. The predicted molar refractivity (Wildman–Crippen MR) is 49.2 cm³/mol. The van der Waals surface area contributed by atoms with Crippen molar-refractivity contribution in [2.75, 3.05) is 13.2 Å². The largest absolute Gasteiger partial charge is 0.396 e. The molecule has 1 fully saturated rings. The van der Waals surface area contributed by atoms with Gasteiger partial charge < -0.3 is 15.0 Å². The van der Waals surface area contributed by atoms with Gasteiger partial charge in [0.1, 0.15) is 5.82 Å². The van der Waals surface area contributed by atoms with E-state index >= 15 is 0 Å². The van der Waals surface area contributed by atoms with Crippen LogP contribution < -0.4 is 0 Å². The van der Waals surface area contributed by atoms with Gasteiger partial charge in [0.2, 0.25) is 5.91 Å². The van der Waals surface area contributed by atoms with Crippen molar-refractivity contribution in [3.05, 3.63) is 18.2 Å². The Morgan fingerprint density at radius 3 is 3.14 bits per heavy atom. The number of carbonyl (C=O) groups excluding carboxylic acids is 1. The Kier molecular flexibility index (Phi) is 2.49. The molecule has 2 heterocycles. The Labute approximate surface area is 81.8 Å². The van der Waals surface area contributed by atoms with Crippen molar-refractivity contribution in [1.82, 2.24) is 14.9 Å². The molecule has 1 unspecified atom stereocenters. The van der Waals surface area contributed by atoms with E-state index in [-0.39, 0.29) is 18.4 Å². The SMILES string of the molecule is O=C1CC(CO)CN1Cc1ncc[nH]1. The average Bonchev–Trinajstić information content (AvgIpc) is 2.78. The number of aliphatic hydroxyl groups is 1. The number of amides is 1. The summed E-state index contributed by atoms with van der Waals surface area (Å²) in [6, 6.07) is 0. The highest BCUT2D eigenvalue weighted by atomic mass is 16.3. The van der Waals surface area contributed by atoms with Crippen LogP contribution >= 0.6 is 0 Å². The number of likely N-dealkylation sites (tertiary alicyclic amines) is 1. The molecule has 0 radical (unpaired) electrons. The number of aromatic nitrogens is 2. The molecule has 1 aromatic heterocycles. The lowest BCUT2D eigenvalue weighted by atomic mass is 10.1. The number of aromatic amines is 1. The van der Waals surface area contributed by atoms with E-state index in [9.17, 15) is 4.79 Å². The molecule has 0 spiro atoms. The van der Waals surface area contributed by atoms with E-state index in [1.165, 1.54) is 0 Å². The number of aliphatic hydroxyl groups excluding tert-OH is 1. The zero-order valence-electron chi connectivity index (χ0n) is 7.81. The molecule has 5 nitrogen and oxygen atoms in total. The van der Waals surface area contributed by atoms with Crippen molar-refractivity contribution in [2.24, 2.45) is 5.92 Å². The number of carbonyl (C=O) groups is 1. The normalized spacial score (nSPS) is 21.9. The van der Waals surface area contributed by atoms with Gasteiger partial charge in [0, 0.05) is 37.9 Å². The van der Waals surface area contributed by atoms with Crippen LogP contribution in [0.15, 0.2) is 12.4 Å². The number of imidazole rings is 1. The molecule has 0 bridgehead atoms. The minimum absolute atomic E-state index is 0.0837. The Morgan fingerprint density at radius 1 is 1.71 bits per heavy atom.